The van der Waals surface area contributed by atoms with Crippen molar-refractivity contribution in [2.24, 2.45) is 21.5 Å². The number of nitrogens with two attached hydrogens (primary N) is 2. The minimum Gasteiger partial charge on any atom is -0.369 e. The molecule has 0 unspecified atom stereocenters. The molecule has 0 bridgehead atoms. The van der Waals surface area contributed by atoms with Crippen LogP contribution in [0.2, 0.25) is 0 Å². The normalized spacial score (nSPS) is 17.5. The van der Waals surface area contributed by atoms with E-state index in [0.29, 0.717) is 11.6 Å². The predicted molar refractivity (Wildman–Crippen MR) is 85.6 cm³/mol. The Morgan fingerprint density at radius 1 is 1.10 bits per heavy atom. The van der Waals surface area contributed by atoms with Crippen LogP contribution in [-0.2, 0) is 0 Å². The molecule has 8 heteroatoms. The van der Waals surface area contributed by atoms with E-state index in [1.165, 1.54) is 24.3 Å². The highest BCUT2D eigenvalue weighted by Gasteiger charge is 2.15. The topological polar surface area (TPSA) is 83.2 Å². The Labute approximate surface area is 129 Å². The first-order chi connectivity index (χ1) is 9.54. The van der Waals surface area contributed by atoms with E-state index in [-0.39, 0.29) is 24.2 Å². The molecule has 1 aliphatic rings. The number of piperazine rings is 1. The molecule has 1 aromatic rings. The third-order valence-corrected chi connectivity index (χ3v) is 3.13. The lowest BCUT2D eigenvalue weighted by Crippen LogP contribution is -2.50. The number of likely N-dealkylation sites (N-methyl/N-ethyl adjacent to an activating group) is 1. The van der Waals surface area contributed by atoms with Crippen molar-refractivity contribution in [1.29, 1.82) is 0 Å². The molecule has 2 rings (SSSR count). The van der Waals surface area contributed by atoms with E-state index in [4.69, 9.17) is 11.5 Å². The van der Waals surface area contributed by atoms with Crippen LogP contribution in [0, 0.1) is 5.82 Å². The molecule has 0 atom stereocenters. The first-order valence-electron chi connectivity index (χ1n) is 6.42. The Morgan fingerprint density at radius 2 is 1.67 bits per heavy atom. The number of benzene rings is 1. The molecule has 1 saturated heterocycles. The summed E-state index contributed by atoms with van der Waals surface area (Å²) in [5.74, 6) is 0.109. The summed E-state index contributed by atoms with van der Waals surface area (Å²) in [6.07, 6.45) is 0. The van der Waals surface area contributed by atoms with Gasteiger partial charge in [-0.15, -0.1) is 12.4 Å². The van der Waals surface area contributed by atoms with E-state index in [2.05, 4.69) is 21.9 Å². The zero-order valence-electron chi connectivity index (χ0n) is 11.9. The average molecular weight is 315 g/mol. The molecule has 0 aliphatic carbocycles. The van der Waals surface area contributed by atoms with Crippen molar-refractivity contribution in [3.63, 3.8) is 0 Å². The van der Waals surface area contributed by atoms with Gasteiger partial charge in [-0.2, -0.15) is 4.99 Å². The summed E-state index contributed by atoms with van der Waals surface area (Å²) >= 11 is 0. The van der Waals surface area contributed by atoms with Crippen LogP contribution < -0.4 is 11.5 Å². The minimum absolute atomic E-state index is 0. The van der Waals surface area contributed by atoms with Crippen LogP contribution in [-0.4, -0.2) is 54.9 Å². The molecule has 1 aromatic carbocycles. The van der Waals surface area contributed by atoms with Crippen LogP contribution in [0.4, 0.5) is 10.1 Å². The van der Waals surface area contributed by atoms with Gasteiger partial charge < -0.3 is 21.3 Å². The minimum atomic E-state index is -0.317. The molecular formula is C13H20ClFN6. The zero-order valence-corrected chi connectivity index (χ0v) is 12.7. The van der Waals surface area contributed by atoms with Crippen LogP contribution in [0.3, 0.4) is 0 Å². The predicted octanol–water partition coefficient (Wildman–Crippen LogP) is 0.756. The molecule has 0 amide bonds. The second-order valence-electron chi connectivity index (χ2n) is 4.71. The number of nitrogens with zero attached hydrogens (tertiary/aromatic N) is 4. The molecule has 4 N–H and O–H groups in total. The molecule has 1 aliphatic heterocycles. The fourth-order valence-corrected chi connectivity index (χ4v) is 1.90. The highest BCUT2D eigenvalue weighted by atomic mass is 35.5. The first-order valence-corrected chi connectivity index (χ1v) is 6.42. The fourth-order valence-electron chi connectivity index (χ4n) is 1.90. The van der Waals surface area contributed by atoms with Gasteiger partial charge in [-0.05, 0) is 31.3 Å². The van der Waals surface area contributed by atoms with E-state index < -0.39 is 0 Å². The van der Waals surface area contributed by atoms with Gasteiger partial charge in [-0.25, -0.2) is 9.38 Å². The highest BCUT2D eigenvalue weighted by molar-refractivity contribution is 5.94. The van der Waals surface area contributed by atoms with Gasteiger partial charge in [0.05, 0.1) is 5.69 Å². The van der Waals surface area contributed by atoms with Crippen molar-refractivity contribution in [2.75, 3.05) is 33.2 Å². The van der Waals surface area contributed by atoms with Crippen molar-refractivity contribution in [1.82, 2.24) is 9.80 Å². The highest BCUT2D eigenvalue weighted by Crippen LogP contribution is 2.12. The lowest BCUT2D eigenvalue weighted by Gasteiger charge is -2.32. The van der Waals surface area contributed by atoms with Gasteiger partial charge in [0, 0.05) is 26.2 Å². The summed E-state index contributed by atoms with van der Waals surface area (Å²) in [6, 6.07) is 5.70. The number of hydrogen-bond donors (Lipinski definition) is 2. The summed E-state index contributed by atoms with van der Waals surface area (Å²) in [4.78, 5) is 12.3. The van der Waals surface area contributed by atoms with Gasteiger partial charge in [0.2, 0.25) is 5.96 Å². The second-order valence-corrected chi connectivity index (χ2v) is 4.71. The SMILES string of the molecule is CN1CCN(C(N)=NC(N)=Nc2ccc(F)cc2)CC1.Cl. The van der Waals surface area contributed by atoms with Crippen LogP contribution in [0.15, 0.2) is 34.3 Å². The van der Waals surface area contributed by atoms with E-state index in [0.717, 1.165) is 26.2 Å². The molecule has 1 heterocycles. The number of hydrogen-bond acceptors (Lipinski definition) is 2. The van der Waals surface area contributed by atoms with Gasteiger partial charge in [-0.1, -0.05) is 0 Å². The van der Waals surface area contributed by atoms with Crippen molar-refractivity contribution < 1.29 is 4.39 Å². The lowest BCUT2D eigenvalue weighted by atomic mass is 10.3. The van der Waals surface area contributed by atoms with Crippen LogP contribution in [0.1, 0.15) is 0 Å². The van der Waals surface area contributed by atoms with Crippen LogP contribution >= 0.6 is 12.4 Å². The summed E-state index contributed by atoms with van der Waals surface area (Å²) in [5.41, 5.74) is 12.2. The van der Waals surface area contributed by atoms with E-state index in [9.17, 15) is 4.39 Å². The molecule has 6 nitrogen and oxygen atoms in total. The van der Waals surface area contributed by atoms with E-state index >= 15 is 0 Å². The van der Waals surface area contributed by atoms with Gasteiger partial charge >= 0.3 is 0 Å². The summed E-state index contributed by atoms with van der Waals surface area (Å²) < 4.78 is 12.8. The van der Waals surface area contributed by atoms with Gasteiger partial charge in [0.25, 0.3) is 0 Å². The zero-order chi connectivity index (χ0) is 14.5. The molecule has 1 fully saturated rings. The molecule has 0 spiro atoms. The van der Waals surface area contributed by atoms with E-state index in [1.54, 1.807) is 0 Å². The number of guanidine groups is 2. The van der Waals surface area contributed by atoms with Gasteiger partial charge in [0.15, 0.2) is 5.96 Å². The molecule has 116 valence electrons. The lowest BCUT2D eigenvalue weighted by molar-refractivity contribution is 0.214. The van der Waals surface area contributed by atoms with Crippen LogP contribution in [0.25, 0.3) is 0 Å². The monoisotopic (exact) mass is 314 g/mol. The Kier molecular flexibility index (Phi) is 6.39. The smallest absolute Gasteiger partial charge is 0.223 e. The van der Waals surface area contributed by atoms with Crippen molar-refractivity contribution in [3.05, 3.63) is 30.1 Å². The summed E-state index contributed by atoms with van der Waals surface area (Å²) in [6.45, 7) is 3.50. The second kappa shape index (κ2) is 7.80. The van der Waals surface area contributed by atoms with Gasteiger partial charge in [0.1, 0.15) is 5.82 Å². The molecule has 21 heavy (non-hydrogen) atoms. The largest absolute Gasteiger partial charge is 0.369 e. The van der Waals surface area contributed by atoms with Crippen molar-refractivity contribution in [2.45, 2.75) is 0 Å². The standard InChI is InChI=1S/C13H19FN6.ClH/c1-19-6-8-20(9-7-19)13(16)18-12(15)17-11-4-2-10(14)3-5-11;/h2-5H,6-9H2,1H3,(H4,15,16,17,18);1H. The third kappa shape index (κ3) is 5.20. The molecule has 0 aromatic heterocycles. The number of aliphatic imine (C=N–C) groups is 2. The molecule has 0 radical (unpaired) electrons. The van der Waals surface area contributed by atoms with Crippen molar-refractivity contribution >= 4 is 30.0 Å². The summed E-state index contributed by atoms with van der Waals surface area (Å²) in [7, 11) is 2.06. The Hall–Kier alpha value is -1.86. The maximum absolute atomic E-state index is 12.8. The quantitative estimate of drug-likeness (QED) is 0.592. The Morgan fingerprint density at radius 3 is 2.24 bits per heavy atom. The fraction of sp³-hybridized carbons (Fsp3) is 0.385. The Bertz CT molecular complexity index is 508. The average Bonchev–Trinajstić information content (AvgIpc) is 2.42. The first kappa shape index (κ1) is 17.2. The molecule has 0 saturated carbocycles. The Balaban J connectivity index is 0.00000220. The maximum Gasteiger partial charge on any atom is 0.223 e. The summed E-state index contributed by atoms with van der Waals surface area (Å²) in [5, 5.41) is 0. The van der Waals surface area contributed by atoms with Crippen LogP contribution in [0.5, 0.6) is 0 Å². The maximum atomic E-state index is 12.8. The van der Waals surface area contributed by atoms with E-state index in [1.807, 2.05) is 4.90 Å². The molecular weight excluding hydrogens is 295 g/mol. The van der Waals surface area contributed by atoms with Crippen molar-refractivity contribution in [3.8, 4) is 0 Å². The third-order valence-electron chi connectivity index (χ3n) is 3.13. The number of rotatable bonds is 1. The van der Waals surface area contributed by atoms with Gasteiger partial charge in [-0.3, -0.25) is 0 Å². The number of halogens is 2.